The third-order valence-electron chi connectivity index (χ3n) is 2.92. The Balaban J connectivity index is 1.92. The first-order valence-electron chi connectivity index (χ1n) is 6.15. The maximum absolute atomic E-state index is 11.9. The van der Waals surface area contributed by atoms with Gasteiger partial charge in [0.2, 0.25) is 0 Å². The van der Waals surface area contributed by atoms with Gasteiger partial charge in [-0.3, -0.25) is 4.79 Å². The fourth-order valence-corrected chi connectivity index (χ4v) is 2.28. The van der Waals surface area contributed by atoms with Gasteiger partial charge in [-0.05, 0) is 46.4 Å². The van der Waals surface area contributed by atoms with Gasteiger partial charge >= 0.3 is 0 Å². The lowest BCUT2D eigenvalue weighted by molar-refractivity contribution is -0.115. The van der Waals surface area contributed by atoms with Crippen molar-refractivity contribution in [2.24, 2.45) is 4.99 Å². The van der Waals surface area contributed by atoms with Crippen LogP contribution in [0.5, 0.6) is 0 Å². The molecule has 0 saturated carbocycles. The molecule has 0 aliphatic carbocycles. The average molecular weight is 374 g/mol. The molecule has 1 N–H and O–H groups in total. The minimum Gasteiger partial charge on any atom is -0.305 e. The smallest absolute Gasteiger partial charge is 0.275 e. The lowest BCUT2D eigenvalue weighted by atomic mass is 10.2. The zero-order valence-corrected chi connectivity index (χ0v) is 12.7. The van der Waals surface area contributed by atoms with Crippen molar-refractivity contribution in [1.29, 1.82) is 0 Å². The van der Waals surface area contributed by atoms with Gasteiger partial charge in [-0.2, -0.15) is 0 Å². The zero-order chi connectivity index (χ0) is 13.9. The number of amidine groups is 1. The van der Waals surface area contributed by atoms with Crippen LogP contribution in [0.25, 0.3) is 6.08 Å². The predicted molar refractivity (Wildman–Crippen MR) is 88.3 cm³/mol. The second kappa shape index (κ2) is 5.58. The first-order chi connectivity index (χ1) is 9.72. The lowest BCUT2D eigenvalue weighted by Crippen LogP contribution is -2.24. The molecule has 3 rings (SSSR count). The Labute approximate surface area is 130 Å². The van der Waals surface area contributed by atoms with E-state index in [9.17, 15) is 4.79 Å². The van der Waals surface area contributed by atoms with Gasteiger partial charge in [0, 0.05) is 9.13 Å². The zero-order valence-electron chi connectivity index (χ0n) is 10.5. The van der Waals surface area contributed by atoms with Crippen molar-refractivity contribution >= 4 is 40.4 Å². The molecule has 1 aliphatic rings. The summed E-state index contributed by atoms with van der Waals surface area (Å²) in [5.74, 6) is 0.440. The van der Waals surface area contributed by atoms with Crippen molar-refractivity contribution in [3.63, 3.8) is 0 Å². The Kier molecular flexibility index (Phi) is 3.64. The van der Waals surface area contributed by atoms with E-state index in [0.29, 0.717) is 11.5 Å². The van der Waals surface area contributed by atoms with Crippen LogP contribution < -0.4 is 5.32 Å². The Morgan fingerprint density at radius 3 is 2.40 bits per heavy atom. The van der Waals surface area contributed by atoms with Crippen LogP contribution >= 0.6 is 22.6 Å². The van der Waals surface area contributed by atoms with Crippen LogP contribution in [0.15, 0.2) is 65.3 Å². The molecule has 2 aromatic rings. The molecule has 3 nitrogen and oxygen atoms in total. The van der Waals surface area contributed by atoms with Crippen LogP contribution in [0.1, 0.15) is 11.1 Å². The second-order valence-corrected chi connectivity index (χ2v) is 5.61. The highest BCUT2D eigenvalue weighted by molar-refractivity contribution is 14.1. The fraction of sp³-hybridized carbons (Fsp3) is 0. The topological polar surface area (TPSA) is 41.5 Å². The maximum Gasteiger partial charge on any atom is 0.275 e. The van der Waals surface area contributed by atoms with E-state index in [4.69, 9.17) is 0 Å². The van der Waals surface area contributed by atoms with E-state index in [2.05, 4.69) is 32.9 Å². The third-order valence-corrected chi connectivity index (χ3v) is 3.64. The number of hydrogen-bond acceptors (Lipinski definition) is 2. The summed E-state index contributed by atoms with van der Waals surface area (Å²) in [6, 6.07) is 17.6. The summed E-state index contributed by atoms with van der Waals surface area (Å²) < 4.78 is 1.16. The minimum absolute atomic E-state index is 0.164. The Morgan fingerprint density at radius 2 is 1.70 bits per heavy atom. The molecule has 98 valence electrons. The summed E-state index contributed by atoms with van der Waals surface area (Å²) in [6.45, 7) is 0. The van der Waals surface area contributed by atoms with E-state index in [1.807, 2.05) is 54.6 Å². The highest BCUT2D eigenvalue weighted by Gasteiger charge is 2.20. The molecular weight excluding hydrogens is 363 g/mol. The van der Waals surface area contributed by atoms with Crippen LogP contribution in [0, 0.1) is 3.57 Å². The number of nitrogens with one attached hydrogen (secondary N) is 1. The van der Waals surface area contributed by atoms with Crippen molar-refractivity contribution in [2.45, 2.75) is 0 Å². The molecule has 1 heterocycles. The maximum atomic E-state index is 11.9. The molecule has 0 aromatic heterocycles. The van der Waals surface area contributed by atoms with Gasteiger partial charge in [0.05, 0.1) is 0 Å². The molecule has 0 bridgehead atoms. The van der Waals surface area contributed by atoms with E-state index in [1.165, 1.54) is 0 Å². The Bertz CT molecular complexity index is 703. The first kappa shape index (κ1) is 13.1. The van der Waals surface area contributed by atoms with Gasteiger partial charge in [-0.25, -0.2) is 4.99 Å². The SMILES string of the molecule is O=C1NC(c2ccccc2)=N/C1=C\c1ccc(I)cc1. The number of benzene rings is 2. The number of carbonyl (C=O) groups excluding carboxylic acids is 1. The molecule has 1 amide bonds. The Morgan fingerprint density at radius 1 is 1.00 bits per heavy atom. The average Bonchev–Trinajstić information content (AvgIpc) is 2.84. The number of carbonyl (C=O) groups is 1. The summed E-state index contributed by atoms with van der Waals surface area (Å²) >= 11 is 2.25. The molecule has 0 saturated heterocycles. The van der Waals surface area contributed by atoms with Crippen molar-refractivity contribution in [3.05, 3.63) is 75.0 Å². The number of amides is 1. The van der Waals surface area contributed by atoms with Crippen molar-refractivity contribution in [1.82, 2.24) is 5.32 Å². The van der Waals surface area contributed by atoms with Gasteiger partial charge in [0.15, 0.2) is 0 Å². The molecule has 0 radical (unpaired) electrons. The molecule has 2 aromatic carbocycles. The van der Waals surface area contributed by atoms with Crippen molar-refractivity contribution in [3.8, 4) is 0 Å². The van der Waals surface area contributed by atoms with Gasteiger partial charge in [0.25, 0.3) is 5.91 Å². The van der Waals surface area contributed by atoms with Gasteiger partial charge in [-0.15, -0.1) is 0 Å². The number of rotatable bonds is 2. The monoisotopic (exact) mass is 374 g/mol. The summed E-state index contributed by atoms with van der Waals surface area (Å²) in [4.78, 5) is 16.3. The molecule has 4 heteroatoms. The largest absolute Gasteiger partial charge is 0.305 e. The summed E-state index contributed by atoms with van der Waals surface area (Å²) in [7, 11) is 0. The van der Waals surface area contributed by atoms with Gasteiger partial charge in [0.1, 0.15) is 11.5 Å². The first-order valence-corrected chi connectivity index (χ1v) is 7.23. The number of nitrogens with zero attached hydrogens (tertiary/aromatic N) is 1. The molecular formula is C16H11IN2O. The highest BCUT2D eigenvalue weighted by atomic mass is 127. The van der Waals surface area contributed by atoms with Gasteiger partial charge in [-0.1, -0.05) is 42.5 Å². The predicted octanol–water partition coefficient (Wildman–Crippen LogP) is 3.21. The van der Waals surface area contributed by atoms with Crippen molar-refractivity contribution < 1.29 is 4.79 Å². The van der Waals surface area contributed by atoms with Gasteiger partial charge < -0.3 is 5.32 Å². The van der Waals surface area contributed by atoms with Crippen molar-refractivity contribution in [2.75, 3.05) is 0 Å². The molecule has 0 unspecified atom stereocenters. The lowest BCUT2D eigenvalue weighted by Gasteiger charge is -1.98. The third kappa shape index (κ3) is 2.80. The quantitative estimate of drug-likeness (QED) is 0.637. The van der Waals surface area contributed by atoms with E-state index in [1.54, 1.807) is 6.08 Å². The van der Waals surface area contributed by atoms with E-state index in [-0.39, 0.29) is 5.91 Å². The van der Waals surface area contributed by atoms with Crippen LogP contribution in [0.4, 0.5) is 0 Å². The number of halogens is 1. The molecule has 0 atom stereocenters. The molecule has 0 fully saturated rings. The Hall–Kier alpha value is -1.95. The number of aliphatic imine (C=N–C) groups is 1. The number of hydrogen-bond donors (Lipinski definition) is 1. The van der Waals surface area contributed by atoms with E-state index < -0.39 is 0 Å². The molecule has 1 aliphatic heterocycles. The standard InChI is InChI=1S/C16H11IN2O/c17-13-8-6-11(7-9-13)10-14-16(20)19-15(18-14)12-4-2-1-3-5-12/h1-10H,(H,18,19,20)/b14-10-. The second-order valence-electron chi connectivity index (χ2n) is 4.36. The van der Waals surface area contributed by atoms with E-state index >= 15 is 0 Å². The highest BCUT2D eigenvalue weighted by Crippen LogP contribution is 2.16. The van der Waals surface area contributed by atoms with Crippen LogP contribution in [-0.4, -0.2) is 11.7 Å². The molecule has 20 heavy (non-hydrogen) atoms. The van der Waals surface area contributed by atoms with E-state index in [0.717, 1.165) is 14.7 Å². The van der Waals surface area contributed by atoms with Crippen LogP contribution in [0.3, 0.4) is 0 Å². The van der Waals surface area contributed by atoms with Crippen LogP contribution in [-0.2, 0) is 4.79 Å². The minimum atomic E-state index is -0.164. The summed E-state index contributed by atoms with van der Waals surface area (Å²) in [5, 5.41) is 2.79. The fourth-order valence-electron chi connectivity index (χ4n) is 1.92. The summed E-state index contributed by atoms with van der Waals surface area (Å²) in [5.41, 5.74) is 2.31. The normalized spacial score (nSPS) is 16.1. The summed E-state index contributed by atoms with van der Waals surface area (Å²) in [6.07, 6.45) is 1.79. The molecule has 0 spiro atoms. The van der Waals surface area contributed by atoms with Crippen LogP contribution in [0.2, 0.25) is 0 Å².